The van der Waals surface area contributed by atoms with Crippen LogP contribution in [0.3, 0.4) is 0 Å². The molecule has 0 radical (unpaired) electrons. The molecule has 0 aromatic heterocycles. The van der Waals surface area contributed by atoms with Gasteiger partial charge >= 0.3 is 11.9 Å². The van der Waals surface area contributed by atoms with Crippen molar-refractivity contribution < 1.29 is 19.1 Å². The molecule has 0 N–H and O–H groups in total. The van der Waals surface area contributed by atoms with Gasteiger partial charge in [0.05, 0.1) is 25.0 Å². The normalized spacial score (nSPS) is 26.9. The van der Waals surface area contributed by atoms with E-state index in [2.05, 4.69) is 31.9 Å². The van der Waals surface area contributed by atoms with Gasteiger partial charge in [0.2, 0.25) is 0 Å². The monoisotopic (exact) mass is 342 g/mol. The molecule has 0 aromatic carbocycles. The Hall–Kier alpha value is -0.100. The highest BCUT2D eigenvalue weighted by Gasteiger charge is 2.71. The van der Waals surface area contributed by atoms with Gasteiger partial charge in [0.1, 0.15) is 3.23 Å². The lowest BCUT2D eigenvalue weighted by molar-refractivity contribution is -0.150. The van der Waals surface area contributed by atoms with Gasteiger partial charge < -0.3 is 9.47 Å². The van der Waals surface area contributed by atoms with E-state index in [-0.39, 0.29) is 11.9 Å². The molecule has 0 bridgehead atoms. The molecule has 6 heteroatoms. The minimum atomic E-state index is -0.696. The molecular formula is C9H12Br2O4. The van der Waals surface area contributed by atoms with Crippen molar-refractivity contribution in [2.45, 2.75) is 17.1 Å². The first-order chi connectivity index (χ1) is 6.96. The van der Waals surface area contributed by atoms with Crippen LogP contribution in [0.2, 0.25) is 0 Å². The van der Waals surface area contributed by atoms with Crippen LogP contribution in [0.4, 0.5) is 0 Å². The highest BCUT2D eigenvalue weighted by molar-refractivity contribution is 9.25. The van der Waals surface area contributed by atoms with Crippen molar-refractivity contribution in [3.05, 3.63) is 0 Å². The molecule has 1 aliphatic rings. The van der Waals surface area contributed by atoms with Crippen molar-refractivity contribution >= 4 is 43.8 Å². The number of carbonyl (C=O) groups is 2. The molecule has 86 valence electrons. The van der Waals surface area contributed by atoms with Crippen LogP contribution in [0.25, 0.3) is 0 Å². The zero-order valence-corrected chi connectivity index (χ0v) is 11.6. The van der Waals surface area contributed by atoms with E-state index in [1.54, 1.807) is 13.8 Å². The first kappa shape index (κ1) is 13.0. The average molecular weight is 344 g/mol. The fourth-order valence-electron chi connectivity index (χ4n) is 1.38. The number of carbonyl (C=O) groups excluding carboxylic acids is 2. The Kier molecular flexibility index (Phi) is 4.17. The number of hydrogen-bond acceptors (Lipinski definition) is 4. The first-order valence-electron chi connectivity index (χ1n) is 4.67. The standard InChI is InChI=1S/C9H12Br2O4/c1-3-14-7(12)5-6(9(5,10)11)8(13)15-4-2/h5-6H,3-4H2,1-2H3/t5-,6-/m1/s1. The van der Waals surface area contributed by atoms with Crippen LogP contribution < -0.4 is 0 Å². The van der Waals surface area contributed by atoms with Gasteiger partial charge in [-0.2, -0.15) is 0 Å². The molecule has 0 aromatic rings. The summed E-state index contributed by atoms with van der Waals surface area (Å²) in [5.41, 5.74) is 0. The number of alkyl halides is 2. The summed E-state index contributed by atoms with van der Waals surface area (Å²) in [6, 6.07) is 0. The van der Waals surface area contributed by atoms with E-state index in [0.717, 1.165) is 0 Å². The Bertz CT molecular complexity index is 251. The third-order valence-electron chi connectivity index (χ3n) is 2.13. The minimum absolute atomic E-state index is 0.307. The molecule has 0 spiro atoms. The fraction of sp³-hybridized carbons (Fsp3) is 0.778. The van der Waals surface area contributed by atoms with Crippen molar-refractivity contribution in [2.24, 2.45) is 11.8 Å². The topological polar surface area (TPSA) is 52.6 Å². The second-order valence-electron chi connectivity index (χ2n) is 3.13. The molecule has 1 rings (SSSR count). The lowest BCUT2D eigenvalue weighted by Crippen LogP contribution is -2.13. The molecule has 1 aliphatic carbocycles. The number of halogens is 2. The summed E-state index contributed by atoms with van der Waals surface area (Å²) in [5.74, 6) is -1.78. The van der Waals surface area contributed by atoms with E-state index in [1.807, 2.05) is 0 Å². The summed E-state index contributed by atoms with van der Waals surface area (Å²) >= 11 is 6.55. The molecule has 0 aliphatic heterocycles. The van der Waals surface area contributed by atoms with E-state index in [0.29, 0.717) is 13.2 Å². The maximum Gasteiger partial charge on any atom is 0.312 e. The minimum Gasteiger partial charge on any atom is -0.466 e. The quantitative estimate of drug-likeness (QED) is 0.577. The molecule has 0 unspecified atom stereocenters. The summed E-state index contributed by atoms with van der Waals surface area (Å²) in [6.45, 7) is 4.06. The second kappa shape index (κ2) is 4.82. The van der Waals surface area contributed by atoms with Crippen molar-refractivity contribution in [1.29, 1.82) is 0 Å². The van der Waals surface area contributed by atoms with E-state index in [9.17, 15) is 9.59 Å². The predicted octanol–water partition coefficient (Wildman–Crippen LogP) is 1.84. The van der Waals surface area contributed by atoms with Crippen LogP contribution in [-0.4, -0.2) is 28.4 Å². The number of rotatable bonds is 4. The number of ether oxygens (including phenoxy) is 2. The molecule has 15 heavy (non-hydrogen) atoms. The lowest BCUT2D eigenvalue weighted by atomic mass is 10.3. The highest BCUT2D eigenvalue weighted by Crippen LogP contribution is 2.62. The smallest absolute Gasteiger partial charge is 0.312 e. The van der Waals surface area contributed by atoms with E-state index >= 15 is 0 Å². The van der Waals surface area contributed by atoms with Gasteiger partial charge in [0.15, 0.2) is 0 Å². The average Bonchev–Trinajstić information content (AvgIpc) is 2.70. The van der Waals surface area contributed by atoms with Crippen molar-refractivity contribution in [2.75, 3.05) is 13.2 Å². The summed E-state index contributed by atoms with van der Waals surface area (Å²) in [5, 5.41) is 0. The zero-order valence-electron chi connectivity index (χ0n) is 8.46. The van der Waals surface area contributed by atoms with E-state index in [4.69, 9.17) is 9.47 Å². The van der Waals surface area contributed by atoms with Gasteiger partial charge in [0.25, 0.3) is 0 Å². The summed E-state index contributed by atoms with van der Waals surface area (Å²) in [6.07, 6.45) is 0. The highest BCUT2D eigenvalue weighted by atomic mass is 79.9. The second-order valence-corrected chi connectivity index (χ2v) is 6.82. The van der Waals surface area contributed by atoms with Gasteiger partial charge in [-0.25, -0.2) is 0 Å². The molecule has 1 fully saturated rings. The molecule has 0 heterocycles. The maximum atomic E-state index is 11.5. The SMILES string of the molecule is CCOC(=O)[C@H]1[C@H](C(=O)OCC)C1(Br)Br. The summed E-state index contributed by atoms with van der Waals surface area (Å²) in [4.78, 5) is 22.9. The zero-order chi connectivity index (χ0) is 11.6. The van der Waals surface area contributed by atoms with Crippen molar-refractivity contribution in [3.63, 3.8) is 0 Å². The molecule has 1 saturated carbocycles. The first-order valence-corrected chi connectivity index (χ1v) is 6.26. The van der Waals surface area contributed by atoms with Crippen molar-refractivity contribution in [1.82, 2.24) is 0 Å². The molecule has 2 atom stereocenters. The van der Waals surface area contributed by atoms with Gasteiger partial charge in [-0.05, 0) is 13.8 Å². The Morgan fingerprint density at radius 1 is 1.07 bits per heavy atom. The van der Waals surface area contributed by atoms with E-state index < -0.39 is 15.1 Å². The number of esters is 2. The van der Waals surface area contributed by atoms with Gasteiger partial charge in [-0.15, -0.1) is 0 Å². The third-order valence-corrected chi connectivity index (χ3v) is 4.11. The van der Waals surface area contributed by atoms with Gasteiger partial charge in [-0.1, -0.05) is 31.9 Å². The van der Waals surface area contributed by atoms with Crippen LogP contribution in [-0.2, 0) is 19.1 Å². The van der Waals surface area contributed by atoms with Crippen LogP contribution in [0, 0.1) is 11.8 Å². The Labute approximate surface area is 105 Å². The van der Waals surface area contributed by atoms with Gasteiger partial charge in [0, 0.05) is 0 Å². The maximum absolute atomic E-state index is 11.5. The number of hydrogen-bond donors (Lipinski definition) is 0. The predicted molar refractivity (Wildman–Crippen MR) is 60.8 cm³/mol. The van der Waals surface area contributed by atoms with Gasteiger partial charge in [-0.3, -0.25) is 9.59 Å². The molecule has 0 saturated heterocycles. The van der Waals surface area contributed by atoms with Crippen LogP contribution in [0.5, 0.6) is 0 Å². The summed E-state index contributed by atoms with van der Waals surface area (Å²) < 4.78 is 9.01. The van der Waals surface area contributed by atoms with E-state index in [1.165, 1.54) is 0 Å². The Morgan fingerprint density at radius 2 is 1.40 bits per heavy atom. The fourth-order valence-corrected chi connectivity index (χ4v) is 2.92. The summed E-state index contributed by atoms with van der Waals surface area (Å²) in [7, 11) is 0. The molecule has 4 nitrogen and oxygen atoms in total. The Morgan fingerprint density at radius 3 is 1.67 bits per heavy atom. The third kappa shape index (κ3) is 2.53. The molecular weight excluding hydrogens is 332 g/mol. The lowest BCUT2D eigenvalue weighted by Gasteiger charge is -2.00. The van der Waals surface area contributed by atoms with Crippen LogP contribution >= 0.6 is 31.9 Å². The van der Waals surface area contributed by atoms with Crippen LogP contribution in [0.1, 0.15) is 13.8 Å². The molecule has 0 amide bonds. The Balaban J connectivity index is 2.62. The van der Waals surface area contributed by atoms with Crippen LogP contribution in [0.15, 0.2) is 0 Å². The van der Waals surface area contributed by atoms with Crippen molar-refractivity contribution in [3.8, 4) is 0 Å². The largest absolute Gasteiger partial charge is 0.466 e.